The van der Waals surface area contributed by atoms with Crippen LogP contribution >= 0.6 is 0 Å². The summed E-state index contributed by atoms with van der Waals surface area (Å²) >= 11 is 0. The van der Waals surface area contributed by atoms with Gasteiger partial charge in [-0.25, -0.2) is 4.39 Å². The highest BCUT2D eigenvalue weighted by Gasteiger charge is 2.22. The fraction of sp³-hybridized carbons (Fsp3) is 0.280. The van der Waals surface area contributed by atoms with Crippen molar-refractivity contribution in [3.05, 3.63) is 53.2 Å². The summed E-state index contributed by atoms with van der Waals surface area (Å²) in [6.07, 6.45) is 0. The molecule has 0 fully saturated rings. The third kappa shape index (κ3) is 5.49. The Balaban J connectivity index is 1.80. The van der Waals surface area contributed by atoms with E-state index in [0.29, 0.717) is 5.82 Å². The van der Waals surface area contributed by atoms with Crippen molar-refractivity contribution in [1.29, 1.82) is 0 Å². The molecule has 0 bridgehead atoms. The number of methoxy groups -OCH3 is 1. The van der Waals surface area contributed by atoms with E-state index in [-0.39, 0.29) is 51.5 Å². The molecule has 0 saturated heterocycles. The molecule has 204 valence electrons. The highest BCUT2D eigenvalue weighted by molar-refractivity contribution is 5.99. The molecule has 0 radical (unpaired) electrons. The van der Waals surface area contributed by atoms with Crippen LogP contribution in [0, 0.1) is 12.7 Å². The third-order valence-electron chi connectivity index (χ3n) is 5.80. The van der Waals surface area contributed by atoms with Crippen LogP contribution in [0.25, 0.3) is 11.3 Å². The monoisotopic (exact) mass is 539 g/mol. The first-order valence-electron chi connectivity index (χ1n) is 13.1. The number of ether oxygens (including phenoxy) is 1. The maximum atomic E-state index is 15.0. The van der Waals surface area contributed by atoms with E-state index in [1.807, 2.05) is 12.2 Å². The van der Waals surface area contributed by atoms with Gasteiger partial charge in [0.05, 0.1) is 24.2 Å². The van der Waals surface area contributed by atoms with Gasteiger partial charge in [0.15, 0.2) is 23.1 Å². The van der Waals surface area contributed by atoms with Crippen molar-refractivity contribution < 1.29 is 22.8 Å². The van der Waals surface area contributed by atoms with Gasteiger partial charge in [0.2, 0.25) is 0 Å². The van der Waals surface area contributed by atoms with Gasteiger partial charge < -0.3 is 25.6 Å². The standard InChI is InChI=1S/C25H29FN10O3/c1-13-8-21(33-35(13)5)29-20-12-17(22(31-30-20)24(37)27-2)28-18-10-14(26)9-15(23(18)39-7)16-11-19(36(6)32-16)25(38)34(3)4/h8-12H,1-7H3,(H,27,37)(H2,28,29,30,33)/i2D3. The van der Waals surface area contributed by atoms with Gasteiger partial charge in [-0.3, -0.25) is 19.0 Å². The van der Waals surface area contributed by atoms with Gasteiger partial charge in [-0.15, -0.1) is 10.2 Å². The molecule has 0 atom stereocenters. The zero-order chi connectivity index (χ0) is 30.9. The molecule has 3 heterocycles. The van der Waals surface area contributed by atoms with Crippen LogP contribution in [0.4, 0.5) is 27.4 Å². The van der Waals surface area contributed by atoms with E-state index in [9.17, 15) is 9.59 Å². The van der Waals surface area contributed by atoms with E-state index in [1.54, 1.807) is 38.9 Å². The number of carbonyl (C=O) groups is 2. The SMILES string of the molecule is [2H]C([2H])([2H])NC(=O)c1nnc(Nc2cc(C)n(C)n2)cc1Nc1cc(F)cc(-c2cc(C(=O)N(C)C)n(C)n2)c1OC. The molecule has 4 rings (SSSR count). The number of nitrogens with zero attached hydrogens (tertiary/aromatic N) is 7. The molecule has 14 heteroatoms. The molecule has 0 aliphatic rings. The van der Waals surface area contributed by atoms with Crippen LogP contribution in [0.15, 0.2) is 30.3 Å². The van der Waals surface area contributed by atoms with Crippen LogP contribution in [0.1, 0.15) is 30.8 Å². The molecule has 1 aromatic carbocycles. The van der Waals surface area contributed by atoms with E-state index in [1.165, 1.54) is 34.9 Å². The molecule has 0 aliphatic carbocycles. The van der Waals surface area contributed by atoms with Crippen molar-refractivity contribution in [3.8, 4) is 17.0 Å². The van der Waals surface area contributed by atoms with E-state index in [2.05, 4.69) is 31.0 Å². The van der Waals surface area contributed by atoms with E-state index in [0.717, 1.165) is 11.8 Å². The lowest BCUT2D eigenvalue weighted by atomic mass is 10.1. The van der Waals surface area contributed by atoms with Crippen molar-refractivity contribution in [2.24, 2.45) is 14.1 Å². The fourth-order valence-corrected chi connectivity index (χ4v) is 3.80. The number of amides is 2. The first kappa shape index (κ1) is 23.1. The second-order valence-corrected chi connectivity index (χ2v) is 8.76. The molecule has 0 unspecified atom stereocenters. The minimum atomic E-state index is -2.80. The number of hydrogen-bond acceptors (Lipinski definition) is 9. The van der Waals surface area contributed by atoms with Gasteiger partial charge in [-0.05, 0) is 19.1 Å². The predicted octanol–water partition coefficient (Wildman–Crippen LogP) is 2.62. The Morgan fingerprint density at radius 1 is 1.00 bits per heavy atom. The Hall–Kier alpha value is -5.01. The van der Waals surface area contributed by atoms with Gasteiger partial charge >= 0.3 is 0 Å². The Labute approximate surface area is 228 Å². The lowest BCUT2D eigenvalue weighted by Gasteiger charge is -2.16. The van der Waals surface area contributed by atoms with Gasteiger partial charge in [-0.2, -0.15) is 10.2 Å². The second kappa shape index (κ2) is 10.8. The van der Waals surface area contributed by atoms with Crippen molar-refractivity contribution in [3.63, 3.8) is 0 Å². The minimum absolute atomic E-state index is 0.0127. The van der Waals surface area contributed by atoms with E-state index in [4.69, 9.17) is 8.85 Å². The smallest absolute Gasteiger partial charge is 0.273 e. The molecule has 0 aliphatic heterocycles. The predicted molar refractivity (Wildman–Crippen MR) is 143 cm³/mol. The summed E-state index contributed by atoms with van der Waals surface area (Å²) in [5.74, 6) is -1.30. The molecule has 13 nitrogen and oxygen atoms in total. The van der Waals surface area contributed by atoms with Crippen molar-refractivity contribution in [2.75, 3.05) is 38.8 Å². The topological polar surface area (TPSA) is 144 Å². The zero-order valence-corrected chi connectivity index (χ0v) is 22.1. The molecule has 0 spiro atoms. The maximum absolute atomic E-state index is 15.0. The van der Waals surface area contributed by atoms with Crippen LogP contribution in [-0.4, -0.2) is 74.7 Å². The lowest BCUT2D eigenvalue weighted by Crippen LogP contribution is -2.24. The number of rotatable bonds is 8. The summed E-state index contributed by atoms with van der Waals surface area (Å²) in [4.78, 5) is 26.8. The van der Waals surface area contributed by atoms with Crippen LogP contribution in [0.3, 0.4) is 0 Å². The average molecular weight is 540 g/mol. The fourth-order valence-electron chi connectivity index (χ4n) is 3.80. The molecule has 3 N–H and O–H groups in total. The molecule has 3 aromatic heterocycles. The van der Waals surface area contributed by atoms with Crippen LogP contribution in [0.5, 0.6) is 5.75 Å². The Kier molecular flexibility index (Phi) is 6.39. The van der Waals surface area contributed by atoms with Gasteiger partial charge in [-0.1, -0.05) is 0 Å². The van der Waals surface area contributed by atoms with Crippen molar-refractivity contribution in [2.45, 2.75) is 6.92 Å². The number of carbonyl (C=O) groups excluding carboxylic acids is 2. The van der Waals surface area contributed by atoms with Gasteiger partial charge in [0.1, 0.15) is 11.5 Å². The largest absolute Gasteiger partial charge is 0.494 e. The quantitative estimate of drug-likeness (QED) is 0.308. The van der Waals surface area contributed by atoms with E-state index < -0.39 is 18.7 Å². The normalized spacial score (nSPS) is 12.2. The molecule has 39 heavy (non-hydrogen) atoms. The first-order valence-corrected chi connectivity index (χ1v) is 11.6. The Morgan fingerprint density at radius 2 is 1.77 bits per heavy atom. The van der Waals surface area contributed by atoms with Crippen LogP contribution in [0.2, 0.25) is 0 Å². The summed E-state index contributed by atoms with van der Waals surface area (Å²) in [6.45, 7) is -0.948. The van der Waals surface area contributed by atoms with Gasteiger partial charge in [0.25, 0.3) is 11.8 Å². The second-order valence-electron chi connectivity index (χ2n) is 8.76. The van der Waals surface area contributed by atoms with Crippen LogP contribution < -0.4 is 20.7 Å². The number of halogens is 1. The number of aromatic nitrogens is 6. The summed E-state index contributed by atoms with van der Waals surface area (Å²) in [5.41, 5.74) is 1.26. The third-order valence-corrected chi connectivity index (χ3v) is 5.80. The molecule has 0 saturated carbocycles. The minimum Gasteiger partial charge on any atom is -0.494 e. The lowest BCUT2D eigenvalue weighted by molar-refractivity contribution is 0.0816. The highest BCUT2D eigenvalue weighted by atomic mass is 19.1. The van der Waals surface area contributed by atoms with Gasteiger partial charge in [0, 0.05) is 68.7 Å². The average Bonchev–Trinajstić information content (AvgIpc) is 3.42. The molecular weight excluding hydrogens is 507 g/mol. The Bertz CT molecular complexity index is 1650. The highest BCUT2D eigenvalue weighted by Crippen LogP contribution is 2.39. The maximum Gasteiger partial charge on any atom is 0.273 e. The summed E-state index contributed by atoms with van der Waals surface area (Å²) in [7, 11) is 7.90. The van der Waals surface area contributed by atoms with Crippen LogP contribution in [-0.2, 0) is 14.1 Å². The summed E-state index contributed by atoms with van der Waals surface area (Å²) in [6, 6.07) is 6.97. The zero-order valence-electron chi connectivity index (χ0n) is 25.1. The number of benzene rings is 1. The Morgan fingerprint density at radius 3 is 2.41 bits per heavy atom. The molecular formula is C25H29FN10O3. The number of anilines is 4. The number of nitrogens with one attached hydrogen (secondary N) is 3. The molecule has 2 amide bonds. The number of hydrogen-bond donors (Lipinski definition) is 3. The van der Waals surface area contributed by atoms with Crippen molar-refractivity contribution >= 4 is 34.8 Å². The summed E-state index contributed by atoms with van der Waals surface area (Å²) < 4.78 is 45.9. The first-order chi connectivity index (χ1) is 19.7. The number of aryl methyl sites for hydroxylation is 3. The van der Waals surface area contributed by atoms with E-state index >= 15 is 4.39 Å². The summed E-state index contributed by atoms with van der Waals surface area (Å²) in [5, 5.41) is 24.4. The molecule has 4 aromatic rings. The van der Waals surface area contributed by atoms with Crippen molar-refractivity contribution in [1.82, 2.24) is 40.0 Å².